The second-order valence-electron chi connectivity index (χ2n) is 10.2. The Morgan fingerprint density at radius 1 is 1.02 bits per heavy atom. The summed E-state index contributed by atoms with van der Waals surface area (Å²) in [6.07, 6.45) is -2.84. The van der Waals surface area contributed by atoms with E-state index >= 15 is 0 Å². The van der Waals surface area contributed by atoms with Crippen molar-refractivity contribution in [2.24, 2.45) is 0 Å². The highest BCUT2D eigenvalue weighted by molar-refractivity contribution is 7.91. The number of urea groups is 1. The number of hydrogen-bond acceptors (Lipinski definition) is 5. The van der Waals surface area contributed by atoms with Gasteiger partial charge in [-0.25, -0.2) is 13.2 Å². The van der Waals surface area contributed by atoms with E-state index in [0.29, 0.717) is 38.6 Å². The molecule has 3 N–H and O–H groups in total. The van der Waals surface area contributed by atoms with Gasteiger partial charge in [-0.3, -0.25) is 9.59 Å². The number of halogens is 3. The van der Waals surface area contributed by atoms with Crippen LogP contribution in [-0.2, 0) is 20.8 Å². The maximum Gasteiger partial charge on any atom is 0.416 e. The monoisotopic (exact) mass is 580 g/mol. The van der Waals surface area contributed by atoms with Crippen molar-refractivity contribution >= 4 is 27.7 Å². The van der Waals surface area contributed by atoms with Gasteiger partial charge in [-0.1, -0.05) is 24.3 Å². The molecule has 0 spiro atoms. The van der Waals surface area contributed by atoms with E-state index in [-0.39, 0.29) is 28.2 Å². The van der Waals surface area contributed by atoms with Crippen LogP contribution in [0.3, 0.4) is 0 Å². The Hall–Kier alpha value is -3.61. The highest BCUT2D eigenvalue weighted by Gasteiger charge is 2.45. The Kier molecular flexibility index (Phi) is 8.43. The molecule has 0 radical (unpaired) electrons. The number of hydrogen-bond donors (Lipinski definition) is 3. The molecule has 1 saturated carbocycles. The number of benzene rings is 2. The molecule has 4 rings (SSSR count). The maximum absolute atomic E-state index is 13.2. The van der Waals surface area contributed by atoms with Crippen LogP contribution in [0.15, 0.2) is 59.5 Å². The number of alkyl halides is 3. The van der Waals surface area contributed by atoms with Crippen LogP contribution in [0.5, 0.6) is 0 Å². The van der Waals surface area contributed by atoms with Crippen LogP contribution in [0.25, 0.3) is 0 Å². The summed E-state index contributed by atoms with van der Waals surface area (Å²) in [6, 6.07) is 10.4. The Labute approximate surface area is 230 Å². The number of rotatable bonds is 7. The van der Waals surface area contributed by atoms with E-state index < -0.39 is 45.1 Å². The summed E-state index contributed by atoms with van der Waals surface area (Å²) in [5, 5.41) is 7.85. The zero-order valence-electron chi connectivity index (χ0n) is 21.8. The van der Waals surface area contributed by atoms with Crippen LogP contribution in [0.2, 0.25) is 0 Å². The normalized spacial score (nSPS) is 23.5. The van der Waals surface area contributed by atoms with Gasteiger partial charge in [-0.2, -0.15) is 13.2 Å². The van der Waals surface area contributed by atoms with Gasteiger partial charge in [-0.15, -0.1) is 0 Å². The van der Waals surface area contributed by atoms with Crippen LogP contribution >= 0.6 is 0 Å². The van der Waals surface area contributed by atoms with Crippen molar-refractivity contribution in [3.63, 3.8) is 0 Å². The van der Waals surface area contributed by atoms with E-state index in [1.807, 2.05) is 0 Å². The Balaban J connectivity index is 1.41. The standard InChI is InChI=1S/C27H31F3N4O5S/c1-31-25(37)33-26(17-40(38,39)21-8-3-2-4-9-21)13-10-20(11-14-26)34-15-12-22(24(34)36)32-23(35)18-6-5-7-19(16-18)27(28,29)30/h2-9,16,20,22H,10-15,17H2,1H3,(H,32,35)(H2,31,33,37)/t20?,22-,26?/m0/s1. The fraction of sp³-hybridized carbons (Fsp3) is 0.444. The van der Waals surface area contributed by atoms with Crippen LogP contribution in [0, 0.1) is 0 Å². The number of nitrogens with one attached hydrogen (secondary N) is 3. The van der Waals surface area contributed by atoms with Gasteiger partial charge in [0.05, 0.1) is 21.8 Å². The van der Waals surface area contributed by atoms with Crippen molar-refractivity contribution in [1.29, 1.82) is 0 Å². The van der Waals surface area contributed by atoms with Crippen LogP contribution in [0.1, 0.15) is 48.0 Å². The number of sulfone groups is 1. The van der Waals surface area contributed by atoms with Crippen molar-refractivity contribution < 1.29 is 36.0 Å². The molecule has 1 aliphatic carbocycles. The van der Waals surface area contributed by atoms with Crippen molar-refractivity contribution in [3.05, 3.63) is 65.7 Å². The van der Waals surface area contributed by atoms with Crippen molar-refractivity contribution in [3.8, 4) is 0 Å². The van der Waals surface area contributed by atoms with Gasteiger partial charge >= 0.3 is 12.2 Å². The summed E-state index contributed by atoms with van der Waals surface area (Å²) in [6.45, 7) is 0.342. The quantitative estimate of drug-likeness (QED) is 0.464. The van der Waals surface area contributed by atoms with Gasteiger partial charge in [0.1, 0.15) is 6.04 Å². The number of nitrogens with zero attached hydrogens (tertiary/aromatic N) is 1. The molecule has 0 bridgehead atoms. The van der Waals surface area contributed by atoms with Crippen molar-refractivity contribution in [2.75, 3.05) is 19.3 Å². The van der Waals surface area contributed by atoms with Crippen molar-refractivity contribution in [2.45, 2.75) is 60.8 Å². The first-order valence-electron chi connectivity index (χ1n) is 12.9. The first kappa shape index (κ1) is 29.4. The molecule has 2 aliphatic rings. The highest BCUT2D eigenvalue weighted by atomic mass is 32.2. The molecule has 1 aliphatic heterocycles. The minimum Gasteiger partial charge on any atom is -0.341 e. The van der Waals surface area contributed by atoms with E-state index in [9.17, 15) is 36.0 Å². The second kappa shape index (κ2) is 11.5. The third-order valence-electron chi connectivity index (χ3n) is 7.52. The molecule has 0 aromatic heterocycles. The molecule has 2 fully saturated rings. The van der Waals surface area contributed by atoms with Gasteiger partial charge in [0.2, 0.25) is 5.91 Å². The lowest BCUT2D eigenvalue weighted by Crippen LogP contribution is -2.59. The third-order valence-corrected chi connectivity index (χ3v) is 9.45. The maximum atomic E-state index is 13.2. The molecule has 0 unspecified atom stereocenters. The lowest BCUT2D eigenvalue weighted by Gasteiger charge is -2.43. The average Bonchev–Trinajstić information content (AvgIpc) is 3.28. The number of carbonyl (C=O) groups excluding carboxylic acids is 3. The fourth-order valence-corrected chi connectivity index (χ4v) is 7.25. The molecule has 40 heavy (non-hydrogen) atoms. The first-order valence-corrected chi connectivity index (χ1v) is 14.6. The van der Waals surface area contributed by atoms with Gasteiger partial charge in [0.25, 0.3) is 5.91 Å². The van der Waals surface area contributed by atoms with Crippen LogP contribution in [-0.4, -0.2) is 68.1 Å². The van der Waals surface area contributed by atoms with E-state index in [1.54, 1.807) is 23.1 Å². The van der Waals surface area contributed by atoms with E-state index in [4.69, 9.17) is 0 Å². The molecule has 216 valence electrons. The molecular formula is C27H31F3N4O5S. The molecule has 1 atom stereocenters. The van der Waals surface area contributed by atoms with Crippen LogP contribution < -0.4 is 16.0 Å². The van der Waals surface area contributed by atoms with E-state index in [0.717, 1.165) is 18.2 Å². The summed E-state index contributed by atoms with van der Waals surface area (Å²) in [5.41, 5.74) is -2.18. The number of amides is 4. The predicted molar refractivity (Wildman–Crippen MR) is 140 cm³/mol. The van der Waals surface area contributed by atoms with Crippen LogP contribution in [0.4, 0.5) is 18.0 Å². The molecule has 2 aromatic rings. The molecule has 13 heteroatoms. The zero-order chi connectivity index (χ0) is 29.1. The zero-order valence-corrected chi connectivity index (χ0v) is 22.6. The van der Waals surface area contributed by atoms with Gasteiger partial charge in [0.15, 0.2) is 9.84 Å². The summed E-state index contributed by atoms with van der Waals surface area (Å²) >= 11 is 0. The lowest BCUT2D eigenvalue weighted by molar-refractivity contribution is -0.137. The molecule has 1 heterocycles. The summed E-state index contributed by atoms with van der Waals surface area (Å²) in [5.74, 6) is -1.41. The summed E-state index contributed by atoms with van der Waals surface area (Å²) in [4.78, 5) is 39.8. The fourth-order valence-electron chi connectivity index (χ4n) is 5.43. The predicted octanol–water partition coefficient (Wildman–Crippen LogP) is 3.12. The molecule has 1 saturated heterocycles. The Bertz CT molecular complexity index is 1360. The smallest absolute Gasteiger partial charge is 0.341 e. The number of likely N-dealkylation sites (tertiary alicyclic amines) is 1. The van der Waals surface area contributed by atoms with E-state index in [1.165, 1.54) is 25.2 Å². The molecular weight excluding hydrogens is 549 g/mol. The third kappa shape index (κ3) is 6.57. The minimum atomic E-state index is -4.60. The molecule has 9 nitrogen and oxygen atoms in total. The first-order chi connectivity index (χ1) is 18.8. The molecule has 4 amide bonds. The summed E-state index contributed by atoms with van der Waals surface area (Å²) < 4.78 is 65.4. The van der Waals surface area contributed by atoms with Gasteiger partial charge < -0.3 is 20.9 Å². The SMILES string of the molecule is CNC(=O)NC1(CS(=O)(=O)c2ccccc2)CCC(N2CC[C@H](NC(=O)c3cccc(C(F)(F)F)c3)C2=O)CC1. The summed E-state index contributed by atoms with van der Waals surface area (Å²) in [7, 11) is -2.28. The minimum absolute atomic E-state index is 0.157. The highest BCUT2D eigenvalue weighted by Crippen LogP contribution is 2.35. The largest absolute Gasteiger partial charge is 0.416 e. The topological polar surface area (TPSA) is 125 Å². The average molecular weight is 581 g/mol. The second-order valence-corrected chi connectivity index (χ2v) is 12.2. The molecule has 2 aromatic carbocycles. The lowest BCUT2D eigenvalue weighted by atomic mass is 9.80. The Morgan fingerprint density at radius 3 is 2.33 bits per heavy atom. The van der Waals surface area contributed by atoms with Gasteiger partial charge in [-0.05, 0) is 62.4 Å². The Morgan fingerprint density at radius 2 is 1.70 bits per heavy atom. The van der Waals surface area contributed by atoms with Crippen molar-refractivity contribution in [1.82, 2.24) is 20.9 Å². The van der Waals surface area contributed by atoms with Gasteiger partial charge in [0, 0.05) is 25.2 Å². The number of carbonyl (C=O) groups is 3. The van der Waals surface area contributed by atoms with E-state index in [2.05, 4.69) is 16.0 Å².